The second-order valence-electron chi connectivity index (χ2n) is 4.99. The van der Waals surface area contributed by atoms with Gasteiger partial charge >= 0.3 is 0 Å². The summed E-state index contributed by atoms with van der Waals surface area (Å²) in [5, 5.41) is 4.55. The quantitative estimate of drug-likeness (QED) is 0.349. The van der Waals surface area contributed by atoms with Crippen molar-refractivity contribution in [2.75, 3.05) is 18.9 Å². The molecule has 0 aromatic heterocycles. The molecule has 0 amide bonds. The minimum atomic E-state index is -0.560. The largest absolute Gasteiger partial charge is 0.399 e. The molecule has 0 saturated carbocycles. The lowest BCUT2D eigenvalue weighted by Crippen LogP contribution is -2.19. The smallest absolute Gasteiger partial charge is 0.150 e. The van der Waals surface area contributed by atoms with Gasteiger partial charge < -0.3 is 5.73 Å². The van der Waals surface area contributed by atoms with Gasteiger partial charge in [0.2, 0.25) is 0 Å². The first-order valence-corrected chi connectivity index (χ1v) is 9.85. The highest BCUT2D eigenvalue weighted by Gasteiger charge is 2.10. The van der Waals surface area contributed by atoms with Crippen LogP contribution in [0.15, 0.2) is 48.5 Å². The average molecular weight is 330 g/mol. The zero-order valence-corrected chi connectivity index (χ0v) is 15.1. The molecule has 0 spiro atoms. The number of aryl methyl sites for hydroxylation is 1. The van der Waals surface area contributed by atoms with E-state index < -0.39 is 8.07 Å². The Morgan fingerprint density at radius 1 is 1.13 bits per heavy atom. The van der Waals surface area contributed by atoms with Crippen LogP contribution in [0.3, 0.4) is 0 Å². The maximum atomic E-state index is 11.1. The number of rotatable bonds is 7. The minimum absolute atomic E-state index is 0.560. The number of anilines is 1. The van der Waals surface area contributed by atoms with E-state index in [1.807, 2.05) is 26.0 Å². The van der Waals surface area contributed by atoms with Crippen molar-refractivity contribution in [3.05, 3.63) is 59.7 Å². The Morgan fingerprint density at radius 3 is 2.48 bits per heavy atom. The predicted molar refractivity (Wildman–Crippen MR) is 103 cm³/mol. The molecule has 0 radical (unpaired) electrons. The summed E-state index contributed by atoms with van der Waals surface area (Å²) < 4.78 is 0. The topological polar surface area (TPSA) is 55.1 Å². The van der Waals surface area contributed by atoms with Gasteiger partial charge in [-0.3, -0.25) is 9.88 Å². The Kier molecular flexibility index (Phi) is 9.20. The van der Waals surface area contributed by atoms with Gasteiger partial charge in [0, 0.05) is 16.6 Å². The fourth-order valence-corrected chi connectivity index (χ4v) is 3.74. The molecule has 0 heterocycles. The number of carbonyl (C=O) groups excluding carboxylic acids is 1. The van der Waals surface area contributed by atoms with Crippen molar-refractivity contribution in [2.24, 2.45) is 0 Å². The van der Waals surface area contributed by atoms with Gasteiger partial charge in [-0.05, 0) is 57.9 Å². The van der Waals surface area contributed by atoms with Crippen molar-refractivity contribution < 1.29 is 4.79 Å². The van der Waals surface area contributed by atoms with E-state index in [-0.39, 0.29) is 0 Å². The van der Waals surface area contributed by atoms with Crippen LogP contribution in [0.4, 0.5) is 5.69 Å². The molecule has 2 aromatic rings. The average Bonchev–Trinajstić information content (AvgIpc) is 2.61. The Bertz CT molecular complexity index is 587. The molecule has 1 atom stereocenters. The van der Waals surface area contributed by atoms with Crippen LogP contribution in [0.5, 0.6) is 0 Å². The molecule has 4 heteroatoms. The summed E-state index contributed by atoms with van der Waals surface area (Å²) in [6.07, 6.45) is 3.04. The van der Waals surface area contributed by atoms with E-state index in [2.05, 4.69) is 36.0 Å². The van der Waals surface area contributed by atoms with Gasteiger partial charge in [0.25, 0.3) is 0 Å². The molecule has 124 valence electrons. The number of nitrogen functional groups attached to an aromatic ring is 1. The number of hydrogen-bond acceptors (Lipinski definition) is 3. The Labute approximate surface area is 141 Å². The second kappa shape index (κ2) is 10.9. The van der Waals surface area contributed by atoms with E-state index in [9.17, 15) is 4.79 Å². The van der Waals surface area contributed by atoms with E-state index in [1.165, 1.54) is 5.56 Å². The standard InChI is InChI=1S/C17H21N2OP.C2H6/c1-21(17-12-16(18)10-9-15(17)13-20)19-11-5-8-14-6-3-2-4-7-14;1-2/h2-4,6-7,9-10,12-13,19H,5,8,11,18H2,1H3;1-2H3. The molecule has 3 nitrogen and oxygen atoms in total. The third-order valence-corrected chi connectivity index (χ3v) is 5.18. The maximum Gasteiger partial charge on any atom is 0.150 e. The number of carbonyl (C=O) groups is 1. The minimum Gasteiger partial charge on any atom is -0.399 e. The third-order valence-electron chi connectivity index (χ3n) is 3.38. The van der Waals surface area contributed by atoms with Crippen LogP contribution in [0.25, 0.3) is 0 Å². The van der Waals surface area contributed by atoms with Gasteiger partial charge in [0.05, 0.1) is 0 Å². The van der Waals surface area contributed by atoms with E-state index in [0.29, 0.717) is 5.69 Å². The van der Waals surface area contributed by atoms with Crippen LogP contribution < -0.4 is 16.1 Å². The fraction of sp³-hybridized carbons (Fsp3) is 0.316. The van der Waals surface area contributed by atoms with E-state index in [4.69, 9.17) is 5.73 Å². The Morgan fingerprint density at radius 2 is 1.83 bits per heavy atom. The Balaban J connectivity index is 0.00000127. The lowest BCUT2D eigenvalue weighted by Gasteiger charge is -2.16. The summed E-state index contributed by atoms with van der Waals surface area (Å²) >= 11 is 0. The molecule has 3 N–H and O–H groups in total. The third kappa shape index (κ3) is 6.52. The molecule has 23 heavy (non-hydrogen) atoms. The second-order valence-corrected chi connectivity index (χ2v) is 6.91. The van der Waals surface area contributed by atoms with E-state index in [0.717, 1.165) is 36.5 Å². The molecule has 0 aliphatic carbocycles. The molecule has 0 saturated heterocycles. The van der Waals surface area contributed by atoms with Crippen LogP contribution in [0.2, 0.25) is 0 Å². The maximum absolute atomic E-state index is 11.1. The Hall–Kier alpha value is -1.70. The summed E-state index contributed by atoms with van der Waals surface area (Å²) in [4.78, 5) is 11.1. The summed E-state index contributed by atoms with van der Waals surface area (Å²) in [6, 6.07) is 15.9. The van der Waals surface area contributed by atoms with Crippen molar-refractivity contribution in [2.45, 2.75) is 26.7 Å². The lowest BCUT2D eigenvalue weighted by molar-refractivity contribution is 0.112. The molecule has 0 fully saturated rings. The molecule has 2 aromatic carbocycles. The molecular formula is C19H27N2OP. The normalized spacial score (nSPS) is 11.3. The van der Waals surface area contributed by atoms with Gasteiger partial charge in [-0.2, -0.15) is 0 Å². The predicted octanol–water partition coefficient (Wildman–Crippen LogP) is 3.98. The van der Waals surface area contributed by atoms with Crippen molar-refractivity contribution >= 4 is 25.4 Å². The summed E-state index contributed by atoms with van der Waals surface area (Å²) in [7, 11) is -0.560. The first kappa shape index (κ1) is 19.3. The molecular weight excluding hydrogens is 303 g/mol. The number of benzene rings is 2. The number of nitrogens with two attached hydrogens (primary N) is 1. The van der Waals surface area contributed by atoms with E-state index in [1.54, 1.807) is 12.1 Å². The fourth-order valence-electron chi connectivity index (χ4n) is 2.22. The number of nitrogens with one attached hydrogen (secondary N) is 1. The van der Waals surface area contributed by atoms with Gasteiger partial charge in [0.15, 0.2) is 6.29 Å². The highest BCUT2D eigenvalue weighted by atomic mass is 31.1. The van der Waals surface area contributed by atoms with Crippen LogP contribution in [-0.4, -0.2) is 19.5 Å². The highest BCUT2D eigenvalue weighted by Crippen LogP contribution is 2.26. The summed E-state index contributed by atoms with van der Waals surface area (Å²) in [5.41, 5.74) is 8.61. The first-order valence-electron chi connectivity index (χ1n) is 8.06. The molecule has 1 unspecified atom stereocenters. The number of hydrogen-bond donors (Lipinski definition) is 2. The molecule has 0 bridgehead atoms. The van der Waals surface area contributed by atoms with Crippen LogP contribution in [0, 0.1) is 0 Å². The zero-order valence-electron chi connectivity index (χ0n) is 14.3. The van der Waals surface area contributed by atoms with Crippen LogP contribution in [0.1, 0.15) is 36.2 Å². The van der Waals surface area contributed by atoms with E-state index >= 15 is 0 Å². The molecule has 0 aliphatic rings. The van der Waals surface area contributed by atoms with Crippen molar-refractivity contribution in [3.8, 4) is 0 Å². The summed E-state index contributed by atoms with van der Waals surface area (Å²) in [6.45, 7) is 7.06. The van der Waals surface area contributed by atoms with Crippen molar-refractivity contribution in [1.29, 1.82) is 0 Å². The van der Waals surface area contributed by atoms with Gasteiger partial charge in [-0.1, -0.05) is 44.2 Å². The SMILES string of the molecule is CC.CP(NCCCc1ccccc1)c1cc(N)ccc1C=O. The molecule has 2 rings (SSSR count). The molecule has 0 aliphatic heterocycles. The number of aldehydes is 1. The van der Waals surface area contributed by atoms with Crippen molar-refractivity contribution in [3.63, 3.8) is 0 Å². The first-order chi connectivity index (χ1) is 11.2. The zero-order chi connectivity index (χ0) is 17.1. The van der Waals surface area contributed by atoms with Gasteiger partial charge in [0.1, 0.15) is 0 Å². The van der Waals surface area contributed by atoms with Gasteiger partial charge in [-0.25, -0.2) is 0 Å². The lowest BCUT2D eigenvalue weighted by atomic mass is 10.1. The van der Waals surface area contributed by atoms with Gasteiger partial charge in [-0.15, -0.1) is 0 Å². The highest BCUT2D eigenvalue weighted by molar-refractivity contribution is 7.63. The summed E-state index contributed by atoms with van der Waals surface area (Å²) in [5.74, 6) is 0. The monoisotopic (exact) mass is 330 g/mol. The van der Waals surface area contributed by atoms with Crippen molar-refractivity contribution in [1.82, 2.24) is 5.09 Å². The van der Waals surface area contributed by atoms with Crippen LogP contribution >= 0.6 is 8.07 Å². The van der Waals surface area contributed by atoms with Crippen LogP contribution in [-0.2, 0) is 6.42 Å².